The third-order valence-electron chi connectivity index (χ3n) is 4.43. The highest BCUT2D eigenvalue weighted by Crippen LogP contribution is 2.27. The van der Waals surface area contributed by atoms with Gasteiger partial charge >= 0.3 is 10.2 Å². The van der Waals surface area contributed by atoms with Crippen LogP contribution in [0.25, 0.3) is 0 Å². The van der Waals surface area contributed by atoms with E-state index in [0.717, 1.165) is 34.2 Å². The first-order valence-corrected chi connectivity index (χ1v) is 9.77. The Hall–Kier alpha value is -1.17. The summed E-state index contributed by atoms with van der Waals surface area (Å²) in [5.41, 5.74) is 1.66. The molecule has 1 aromatic carbocycles. The van der Waals surface area contributed by atoms with Crippen LogP contribution in [-0.2, 0) is 21.5 Å². The molecule has 3 rings (SSSR count). The molecule has 1 unspecified atom stereocenters. The van der Waals surface area contributed by atoms with E-state index in [4.69, 9.17) is 0 Å². The summed E-state index contributed by atoms with van der Waals surface area (Å²) in [5.74, 6) is 0.320. The molecule has 6 nitrogen and oxygen atoms in total. The Kier molecular flexibility index (Phi) is 4.63. The van der Waals surface area contributed by atoms with Crippen molar-refractivity contribution in [3.05, 3.63) is 23.8 Å². The molecular weight excluding hydrogens is 333 g/mol. The summed E-state index contributed by atoms with van der Waals surface area (Å²) in [7, 11) is 0.932. The Morgan fingerprint density at radius 2 is 2.13 bits per heavy atom. The van der Waals surface area contributed by atoms with Gasteiger partial charge in [0, 0.05) is 13.1 Å². The van der Waals surface area contributed by atoms with Gasteiger partial charge in [-0.3, -0.25) is 4.79 Å². The second kappa shape index (κ2) is 6.38. The molecule has 1 aliphatic carbocycles. The van der Waals surface area contributed by atoms with Gasteiger partial charge in [-0.05, 0) is 48.8 Å². The molecule has 126 valence electrons. The highest BCUT2D eigenvalue weighted by atomic mass is 32.2. The number of hydrogen-bond acceptors (Lipinski definition) is 4. The third-order valence-corrected chi connectivity index (χ3v) is 6.28. The van der Waals surface area contributed by atoms with E-state index in [9.17, 15) is 13.2 Å². The summed E-state index contributed by atoms with van der Waals surface area (Å²) in [6.45, 7) is 1.78. The zero-order valence-electron chi connectivity index (χ0n) is 13.2. The molecule has 0 aromatic heterocycles. The minimum absolute atomic E-state index is 0.162. The number of anilines is 1. The van der Waals surface area contributed by atoms with Crippen LogP contribution in [0.15, 0.2) is 18.2 Å². The highest BCUT2D eigenvalue weighted by molar-refractivity contribution is 7.92. The molecule has 1 atom stereocenters. The minimum Gasteiger partial charge on any atom is -0.302 e. The molecule has 2 aliphatic rings. The van der Waals surface area contributed by atoms with Crippen molar-refractivity contribution in [1.82, 2.24) is 9.62 Å². The van der Waals surface area contributed by atoms with Gasteiger partial charge in [-0.25, -0.2) is 9.03 Å². The zero-order chi connectivity index (χ0) is 16.6. The Morgan fingerprint density at radius 1 is 1.39 bits per heavy atom. The van der Waals surface area contributed by atoms with Crippen LogP contribution in [0.4, 0.5) is 5.69 Å². The molecular formula is C15H22N3O3PS. The number of carbonyl (C=O) groups excluding carboxylic acids is 1. The number of amides is 1. The number of nitrogens with zero attached hydrogens (tertiary/aromatic N) is 2. The number of rotatable bonds is 5. The lowest BCUT2D eigenvalue weighted by Crippen LogP contribution is -2.32. The Labute approximate surface area is 139 Å². The topological polar surface area (TPSA) is 69.7 Å². The lowest BCUT2D eigenvalue weighted by Gasteiger charge is -2.30. The zero-order valence-corrected chi connectivity index (χ0v) is 15.1. The maximum atomic E-state index is 11.9. The number of carbonyl (C=O) groups is 1. The molecule has 1 N–H and O–H groups in total. The van der Waals surface area contributed by atoms with E-state index in [1.807, 2.05) is 16.9 Å². The van der Waals surface area contributed by atoms with Crippen molar-refractivity contribution in [3.63, 3.8) is 0 Å². The summed E-state index contributed by atoms with van der Waals surface area (Å²) in [6.07, 6.45) is 4.00. The van der Waals surface area contributed by atoms with Crippen LogP contribution >= 0.6 is 9.24 Å². The predicted octanol–water partition coefficient (Wildman–Crippen LogP) is 0.600. The van der Waals surface area contributed by atoms with E-state index >= 15 is 0 Å². The summed E-state index contributed by atoms with van der Waals surface area (Å²) in [5, 5.41) is 0.777. The van der Waals surface area contributed by atoms with Gasteiger partial charge in [-0.15, -0.1) is 9.24 Å². The molecule has 1 aliphatic heterocycles. The van der Waals surface area contributed by atoms with Crippen LogP contribution in [0.5, 0.6) is 0 Å². The van der Waals surface area contributed by atoms with Crippen LogP contribution in [0.1, 0.15) is 24.8 Å². The maximum absolute atomic E-state index is 11.9. The maximum Gasteiger partial charge on any atom is 0.326 e. The van der Waals surface area contributed by atoms with Crippen molar-refractivity contribution >= 4 is 36.3 Å². The van der Waals surface area contributed by atoms with Gasteiger partial charge in [-0.1, -0.05) is 12.5 Å². The molecule has 0 radical (unpaired) electrons. The first kappa shape index (κ1) is 16.7. The Morgan fingerprint density at radius 3 is 2.65 bits per heavy atom. The lowest BCUT2D eigenvalue weighted by molar-refractivity contribution is -0.117. The Balaban J connectivity index is 1.71. The first-order valence-electron chi connectivity index (χ1n) is 7.75. The molecule has 1 amide bonds. The summed E-state index contributed by atoms with van der Waals surface area (Å²) >= 11 is 0. The number of hydrogen-bond donors (Lipinski definition) is 1. The van der Waals surface area contributed by atoms with E-state index in [2.05, 4.69) is 21.2 Å². The quantitative estimate of drug-likeness (QED) is 0.786. The van der Waals surface area contributed by atoms with Gasteiger partial charge in [0.2, 0.25) is 0 Å². The lowest BCUT2D eigenvalue weighted by atomic mass is 9.85. The molecule has 1 aromatic rings. The summed E-state index contributed by atoms with van der Waals surface area (Å²) in [4.78, 5) is 13.7. The van der Waals surface area contributed by atoms with Crippen molar-refractivity contribution in [1.29, 1.82) is 0 Å². The van der Waals surface area contributed by atoms with E-state index in [-0.39, 0.29) is 6.54 Å². The summed E-state index contributed by atoms with van der Waals surface area (Å²) in [6, 6.07) is 5.67. The standard InChI is InChI=1S/C15H22N3O3PS/c1-17(8-11-3-2-4-11)9-12-5-6-13(14(22)7-12)18-10-15(19)16-23(18,20)21/h5-7,11H,2-4,8-10,22H2,1H3,(H,16,19). The molecule has 23 heavy (non-hydrogen) atoms. The number of benzene rings is 1. The van der Waals surface area contributed by atoms with Crippen molar-refractivity contribution in [2.45, 2.75) is 25.8 Å². The molecule has 1 heterocycles. The van der Waals surface area contributed by atoms with E-state index < -0.39 is 16.1 Å². The van der Waals surface area contributed by atoms with Crippen LogP contribution < -0.4 is 14.3 Å². The Bertz CT molecular complexity index is 719. The van der Waals surface area contributed by atoms with Gasteiger partial charge in [0.1, 0.15) is 6.54 Å². The van der Waals surface area contributed by atoms with Gasteiger partial charge < -0.3 is 4.90 Å². The first-order chi connectivity index (χ1) is 10.8. The molecule has 2 fully saturated rings. The van der Waals surface area contributed by atoms with E-state index in [0.29, 0.717) is 5.69 Å². The van der Waals surface area contributed by atoms with Gasteiger partial charge in [0.05, 0.1) is 5.69 Å². The normalized spacial score (nSPS) is 20.7. The fourth-order valence-electron chi connectivity index (χ4n) is 3.08. The smallest absolute Gasteiger partial charge is 0.302 e. The van der Waals surface area contributed by atoms with Crippen LogP contribution in [0.3, 0.4) is 0 Å². The van der Waals surface area contributed by atoms with Crippen molar-refractivity contribution in [3.8, 4) is 0 Å². The summed E-state index contributed by atoms with van der Waals surface area (Å²) < 4.78 is 27.0. The molecule has 0 bridgehead atoms. The van der Waals surface area contributed by atoms with Gasteiger partial charge in [0.15, 0.2) is 0 Å². The second-order valence-corrected chi connectivity index (χ2v) is 8.64. The van der Waals surface area contributed by atoms with Crippen molar-refractivity contribution < 1.29 is 13.2 Å². The monoisotopic (exact) mass is 355 g/mol. The molecule has 8 heteroatoms. The minimum atomic E-state index is -3.75. The van der Waals surface area contributed by atoms with Crippen molar-refractivity contribution in [2.75, 3.05) is 24.4 Å². The van der Waals surface area contributed by atoms with Crippen LogP contribution in [-0.4, -0.2) is 39.4 Å². The van der Waals surface area contributed by atoms with Gasteiger partial charge in [0.25, 0.3) is 5.91 Å². The third kappa shape index (κ3) is 3.67. The predicted molar refractivity (Wildman–Crippen MR) is 93.9 cm³/mol. The average Bonchev–Trinajstić information content (AvgIpc) is 2.67. The van der Waals surface area contributed by atoms with Crippen LogP contribution in [0.2, 0.25) is 0 Å². The fourth-order valence-corrected chi connectivity index (χ4v) is 4.82. The molecule has 0 spiro atoms. The number of nitrogens with one attached hydrogen (secondary N) is 1. The largest absolute Gasteiger partial charge is 0.326 e. The molecule has 1 saturated heterocycles. The van der Waals surface area contributed by atoms with E-state index in [1.54, 1.807) is 6.07 Å². The highest BCUT2D eigenvalue weighted by Gasteiger charge is 2.34. The van der Waals surface area contributed by atoms with Crippen molar-refractivity contribution in [2.24, 2.45) is 5.92 Å². The van der Waals surface area contributed by atoms with Gasteiger partial charge in [-0.2, -0.15) is 8.42 Å². The second-order valence-electron chi connectivity index (χ2n) is 6.42. The average molecular weight is 355 g/mol. The van der Waals surface area contributed by atoms with Crippen LogP contribution in [0, 0.1) is 5.92 Å². The van der Waals surface area contributed by atoms with E-state index in [1.165, 1.54) is 19.3 Å². The molecule has 1 saturated carbocycles. The fraction of sp³-hybridized carbons (Fsp3) is 0.533. The SMILES string of the molecule is CN(Cc1ccc(N2CC(=O)NS2(=O)=O)c(P)c1)CC1CCC1.